The SMILES string of the molecule is CC(C)N(C)C[C@@H]1CCC2(CCN(c3ncccn3)CC2)CO1. The summed E-state index contributed by atoms with van der Waals surface area (Å²) in [6, 6.07) is 2.46. The first kappa shape index (κ1) is 16.7. The van der Waals surface area contributed by atoms with Gasteiger partial charge in [-0.3, -0.25) is 0 Å². The number of piperidine rings is 1. The van der Waals surface area contributed by atoms with E-state index in [-0.39, 0.29) is 0 Å². The molecule has 5 heteroatoms. The van der Waals surface area contributed by atoms with Crippen LogP contribution in [0.1, 0.15) is 39.5 Å². The smallest absolute Gasteiger partial charge is 0.225 e. The molecular weight excluding hydrogens is 288 g/mol. The molecule has 0 radical (unpaired) electrons. The maximum Gasteiger partial charge on any atom is 0.225 e. The second-order valence-electron chi connectivity index (χ2n) is 7.54. The van der Waals surface area contributed by atoms with E-state index in [1.54, 1.807) is 0 Å². The molecule has 0 bridgehead atoms. The van der Waals surface area contributed by atoms with E-state index in [1.807, 2.05) is 18.5 Å². The average Bonchev–Trinajstić information content (AvgIpc) is 2.58. The molecule has 2 aliphatic heterocycles. The van der Waals surface area contributed by atoms with Crippen molar-refractivity contribution in [2.24, 2.45) is 5.41 Å². The maximum absolute atomic E-state index is 6.24. The Balaban J connectivity index is 1.48. The Morgan fingerprint density at radius 3 is 2.52 bits per heavy atom. The van der Waals surface area contributed by atoms with Gasteiger partial charge >= 0.3 is 0 Å². The summed E-state index contributed by atoms with van der Waals surface area (Å²) < 4.78 is 6.24. The summed E-state index contributed by atoms with van der Waals surface area (Å²) in [5, 5.41) is 0. The summed E-state index contributed by atoms with van der Waals surface area (Å²) in [6.45, 7) is 8.55. The van der Waals surface area contributed by atoms with E-state index in [4.69, 9.17) is 4.74 Å². The van der Waals surface area contributed by atoms with E-state index in [9.17, 15) is 0 Å². The highest BCUT2D eigenvalue weighted by Crippen LogP contribution is 2.41. The van der Waals surface area contributed by atoms with Crippen LogP contribution < -0.4 is 4.90 Å². The maximum atomic E-state index is 6.24. The van der Waals surface area contributed by atoms with Crippen LogP contribution in [-0.4, -0.2) is 60.3 Å². The molecule has 0 aliphatic carbocycles. The van der Waals surface area contributed by atoms with Crippen molar-refractivity contribution >= 4 is 5.95 Å². The van der Waals surface area contributed by atoms with Crippen LogP contribution in [0.25, 0.3) is 0 Å². The van der Waals surface area contributed by atoms with Crippen molar-refractivity contribution in [2.75, 3.05) is 38.2 Å². The molecule has 3 heterocycles. The molecule has 0 aromatic carbocycles. The number of ether oxygens (including phenoxy) is 1. The first-order valence-corrected chi connectivity index (χ1v) is 8.92. The molecule has 1 aromatic heterocycles. The van der Waals surface area contributed by atoms with Gasteiger partial charge in [-0.05, 0) is 58.1 Å². The summed E-state index contributed by atoms with van der Waals surface area (Å²) in [4.78, 5) is 13.4. The molecule has 0 saturated carbocycles. The summed E-state index contributed by atoms with van der Waals surface area (Å²) in [5.41, 5.74) is 0.387. The zero-order valence-electron chi connectivity index (χ0n) is 14.7. The Labute approximate surface area is 140 Å². The average molecular weight is 318 g/mol. The van der Waals surface area contributed by atoms with E-state index in [0.717, 1.165) is 32.2 Å². The predicted molar refractivity (Wildman–Crippen MR) is 92.7 cm³/mol. The number of nitrogens with zero attached hydrogens (tertiary/aromatic N) is 4. The Bertz CT molecular complexity index is 475. The van der Waals surface area contributed by atoms with Crippen LogP contribution in [0.2, 0.25) is 0 Å². The van der Waals surface area contributed by atoms with Crippen LogP contribution >= 0.6 is 0 Å². The van der Waals surface area contributed by atoms with E-state index in [2.05, 4.69) is 40.7 Å². The van der Waals surface area contributed by atoms with E-state index in [1.165, 1.54) is 25.7 Å². The molecule has 1 spiro atoms. The highest BCUT2D eigenvalue weighted by molar-refractivity contribution is 5.29. The second-order valence-corrected chi connectivity index (χ2v) is 7.54. The van der Waals surface area contributed by atoms with Gasteiger partial charge in [0.05, 0.1) is 12.7 Å². The van der Waals surface area contributed by atoms with Crippen molar-refractivity contribution in [3.63, 3.8) is 0 Å². The van der Waals surface area contributed by atoms with Crippen LogP contribution in [0.5, 0.6) is 0 Å². The molecule has 0 N–H and O–H groups in total. The Hall–Kier alpha value is -1.20. The van der Waals surface area contributed by atoms with Gasteiger partial charge in [0.2, 0.25) is 5.95 Å². The van der Waals surface area contributed by atoms with Gasteiger partial charge in [0.25, 0.3) is 0 Å². The lowest BCUT2D eigenvalue weighted by Crippen LogP contribution is -2.48. The third-order valence-corrected chi connectivity index (χ3v) is 5.65. The standard InChI is InChI=1S/C18H30N4O/c1-15(2)21(3)13-16-5-6-18(14-23-16)7-11-22(12-8-18)17-19-9-4-10-20-17/h4,9-10,15-16H,5-8,11-14H2,1-3H3/t16-/m0/s1. The van der Waals surface area contributed by atoms with Crippen LogP contribution in [0, 0.1) is 5.41 Å². The van der Waals surface area contributed by atoms with E-state index < -0.39 is 0 Å². The molecule has 2 fully saturated rings. The fourth-order valence-corrected chi connectivity index (χ4v) is 3.62. The molecule has 23 heavy (non-hydrogen) atoms. The quantitative estimate of drug-likeness (QED) is 0.853. The summed E-state index contributed by atoms with van der Waals surface area (Å²) in [6.07, 6.45) is 8.93. The third kappa shape index (κ3) is 4.01. The van der Waals surface area contributed by atoms with E-state index >= 15 is 0 Å². The first-order chi connectivity index (χ1) is 11.1. The van der Waals surface area contributed by atoms with Gasteiger partial charge in [-0.2, -0.15) is 0 Å². The van der Waals surface area contributed by atoms with Crippen LogP contribution in [0.3, 0.4) is 0 Å². The minimum absolute atomic E-state index is 0.387. The zero-order valence-corrected chi connectivity index (χ0v) is 14.7. The van der Waals surface area contributed by atoms with Gasteiger partial charge in [0.1, 0.15) is 0 Å². The number of anilines is 1. The normalized spacial score (nSPS) is 24.6. The molecule has 5 nitrogen and oxygen atoms in total. The topological polar surface area (TPSA) is 41.5 Å². The number of aromatic nitrogens is 2. The van der Waals surface area contributed by atoms with Gasteiger partial charge in [-0.1, -0.05) is 0 Å². The molecule has 2 aliphatic rings. The van der Waals surface area contributed by atoms with Crippen molar-refractivity contribution < 1.29 is 4.74 Å². The fraction of sp³-hybridized carbons (Fsp3) is 0.778. The summed E-state index contributed by atoms with van der Waals surface area (Å²) >= 11 is 0. The lowest BCUT2D eigenvalue weighted by Gasteiger charge is -2.46. The molecule has 1 aromatic rings. The Morgan fingerprint density at radius 1 is 1.26 bits per heavy atom. The van der Waals surface area contributed by atoms with Crippen molar-refractivity contribution in [3.8, 4) is 0 Å². The van der Waals surface area contributed by atoms with Crippen molar-refractivity contribution in [2.45, 2.75) is 51.7 Å². The molecule has 0 amide bonds. The number of hydrogen-bond acceptors (Lipinski definition) is 5. The predicted octanol–water partition coefficient (Wildman–Crippen LogP) is 2.58. The van der Waals surface area contributed by atoms with E-state index in [0.29, 0.717) is 17.6 Å². The second kappa shape index (κ2) is 7.14. The molecule has 0 unspecified atom stereocenters. The Morgan fingerprint density at radius 2 is 1.96 bits per heavy atom. The molecule has 128 valence electrons. The van der Waals surface area contributed by atoms with Crippen molar-refractivity contribution in [1.82, 2.24) is 14.9 Å². The first-order valence-electron chi connectivity index (χ1n) is 8.92. The molecule has 2 saturated heterocycles. The minimum Gasteiger partial charge on any atom is -0.376 e. The van der Waals surface area contributed by atoms with Gasteiger partial charge in [0, 0.05) is 38.1 Å². The van der Waals surface area contributed by atoms with Gasteiger partial charge < -0.3 is 14.5 Å². The minimum atomic E-state index is 0.387. The highest BCUT2D eigenvalue weighted by atomic mass is 16.5. The summed E-state index contributed by atoms with van der Waals surface area (Å²) in [5.74, 6) is 0.871. The number of hydrogen-bond donors (Lipinski definition) is 0. The monoisotopic (exact) mass is 318 g/mol. The Kier molecular flexibility index (Phi) is 5.17. The molecule has 3 rings (SSSR count). The van der Waals surface area contributed by atoms with Crippen LogP contribution in [-0.2, 0) is 4.74 Å². The molecular formula is C18H30N4O. The van der Waals surface area contributed by atoms with Gasteiger partial charge in [-0.25, -0.2) is 9.97 Å². The number of rotatable bonds is 4. The van der Waals surface area contributed by atoms with Crippen LogP contribution in [0.15, 0.2) is 18.5 Å². The third-order valence-electron chi connectivity index (χ3n) is 5.65. The van der Waals surface area contributed by atoms with Crippen LogP contribution in [0.4, 0.5) is 5.95 Å². The highest BCUT2D eigenvalue weighted by Gasteiger charge is 2.39. The molecule has 1 atom stereocenters. The van der Waals surface area contributed by atoms with Crippen molar-refractivity contribution in [1.29, 1.82) is 0 Å². The van der Waals surface area contributed by atoms with Gasteiger partial charge in [-0.15, -0.1) is 0 Å². The lowest BCUT2D eigenvalue weighted by molar-refractivity contribution is -0.0821. The zero-order chi connectivity index (χ0) is 16.3. The largest absolute Gasteiger partial charge is 0.376 e. The van der Waals surface area contributed by atoms with Gasteiger partial charge in [0.15, 0.2) is 0 Å². The number of likely N-dealkylation sites (N-methyl/N-ethyl adjacent to an activating group) is 1. The summed E-state index contributed by atoms with van der Waals surface area (Å²) in [7, 11) is 2.19. The fourth-order valence-electron chi connectivity index (χ4n) is 3.62. The lowest BCUT2D eigenvalue weighted by atomic mass is 9.73. The van der Waals surface area contributed by atoms with Crippen molar-refractivity contribution in [3.05, 3.63) is 18.5 Å².